The molecule has 1 aromatic carbocycles. The van der Waals surface area contributed by atoms with Gasteiger partial charge in [-0.1, -0.05) is 18.2 Å². The van der Waals surface area contributed by atoms with Crippen molar-refractivity contribution in [1.29, 1.82) is 0 Å². The first kappa shape index (κ1) is 19.0. The van der Waals surface area contributed by atoms with Gasteiger partial charge in [-0.2, -0.15) is 18.3 Å². The summed E-state index contributed by atoms with van der Waals surface area (Å²) < 4.78 is 41.6. The number of hydrogen-bond acceptors (Lipinski definition) is 6. The number of carbonyl (C=O) groups is 1. The number of nitrogens with one attached hydrogen (secondary N) is 1. The highest BCUT2D eigenvalue weighted by atomic mass is 19.4. The molecule has 1 aliphatic rings. The van der Waals surface area contributed by atoms with Crippen LogP contribution in [0.15, 0.2) is 36.7 Å². The van der Waals surface area contributed by atoms with Gasteiger partial charge in [-0.05, 0) is 6.07 Å². The van der Waals surface area contributed by atoms with E-state index in [1.165, 1.54) is 6.07 Å². The van der Waals surface area contributed by atoms with Crippen LogP contribution in [0.4, 0.5) is 19.0 Å². The Morgan fingerprint density at radius 3 is 2.66 bits per heavy atom. The molecule has 2 aromatic heterocycles. The number of hydrogen-bond donors (Lipinski definition) is 1. The van der Waals surface area contributed by atoms with Gasteiger partial charge < -0.3 is 14.5 Å². The lowest BCUT2D eigenvalue weighted by Gasteiger charge is -2.35. The monoisotopic (exact) mass is 406 g/mol. The lowest BCUT2D eigenvalue weighted by molar-refractivity contribution is -0.154. The molecule has 1 N–H and O–H groups in total. The Bertz CT molecular complexity index is 1010. The van der Waals surface area contributed by atoms with Crippen LogP contribution >= 0.6 is 0 Å². The van der Waals surface area contributed by atoms with Gasteiger partial charge in [0.1, 0.15) is 12.1 Å². The van der Waals surface area contributed by atoms with E-state index in [4.69, 9.17) is 0 Å². The number of rotatable bonds is 4. The Morgan fingerprint density at radius 1 is 1.14 bits per heavy atom. The first-order valence-corrected chi connectivity index (χ1v) is 8.90. The fourth-order valence-corrected chi connectivity index (χ4v) is 3.15. The van der Waals surface area contributed by atoms with E-state index in [2.05, 4.69) is 24.9 Å². The summed E-state index contributed by atoms with van der Waals surface area (Å²) in [7, 11) is 0. The van der Waals surface area contributed by atoms with Crippen LogP contribution < -0.4 is 9.64 Å². The molecule has 4 rings (SSSR count). The molecule has 11 heteroatoms. The van der Waals surface area contributed by atoms with Crippen molar-refractivity contribution in [2.24, 2.45) is 0 Å². The molecular weight excluding hydrogens is 389 g/mol. The molecule has 3 aromatic rings. The summed E-state index contributed by atoms with van der Waals surface area (Å²) in [5.41, 5.74) is 1.17. The lowest BCUT2D eigenvalue weighted by atomic mass is 10.2. The molecule has 1 saturated heterocycles. The Balaban J connectivity index is 1.40. The highest BCUT2D eigenvalue weighted by molar-refractivity contribution is 6.04. The summed E-state index contributed by atoms with van der Waals surface area (Å²) in [6.07, 6.45) is -3.28. The number of halogens is 3. The molecule has 0 aliphatic carbocycles. The predicted molar refractivity (Wildman–Crippen MR) is 97.8 cm³/mol. The predicted octanol–water partition coefficient (Wildman–Crippen LogP) is 2.26. The topological polar surface area (TPSA) is 87.2 Å². The third kappa shape index (κ3) is 4.23. The minimum atomic E-state index is -4.44. The Labute approximate surface area is 163 Å². The quantitative estimate of drug-likeness (QED) is 0.715. The van der Waals surface area contributed by atoms with Gasteiger partial charge in [0.15, 0.2) is 12.3 Å². The number of aromatic amines is 1. The summed E-state index contributed by atoms with van der Waals surface area (Å²) in [5, 5.41) is 7.76. The number of fused-ring (bicyclic) bond motifs is 1. The van der Waals surface area contributed by atoms with Gasteiger partial charge in [-0.15, -0.1) is 0 Å². The number of benzene rings is 1. The molecule has 1 fully saturated rings. The smallest absolute Gasteiger partial charge is 0.422 e. The molecule has 1 aliphatic heterocycles. The maximum Gasteiger partial charge on any atom is 0.422 e. The highest BCUT2D eigenvalue weighted by Gasteiger charge is 2.29. The molecule has 0 radical (unpaired) electrons. The van der Waals surface area contributed by atoms with E-state index in [0.717, 1.165) is 17.2 Å². The van der Waals surface area contributed by atoms with Crippen LogP contribution in [0.1, 0.15) is 10.5 Å². The van der Waals surface area contributed by atoms with Gasteiger partial charge in [0.25, 0.3) is 5.91 Å². The van der Waals surface area contributed by atoms with Crippen molar-refractivity contribution >= 4 is 22.6 Å². The second-order valence-corrected chi connectivity index (χ2v) is 6.52. The summed E-state index contributed by atoms with van der Waals surface area (Å²) in [6.45, 7) is 0.405. The highest BCUT2D eigenvalue weighted by Crippen LogP contribution is 2.22. The number of alkyl halides is 3. The van der Waals surface area contributed by atoms with Gasteiger partial charge in [-0.3, -0.25) is 9.89 Å². The standard InChI is InChI=1S/C18H17F3N6O2/c19-18(20,21)10-29-15-9-14(22-11-23-15)26-5-7-27(8-6-26)17(28)16-12-3-1-2-4-13(12)24-25-16/h1-4,9,11H,5-8,10H2,(H,24,25). The molecule has 29 heavy (non-hydrogen) atoms. The number of carbonyl (C=O) groups excluding carboxylic acids is 1. The number of anilines is 1. The molecular formula is C18H17F3N6O2. The van der Waals surface area contributed by atoms with Gasteiger partial charge in [0.05, 0.1) is 5.52 Å². The van der Waals surface area contributed by atoms with E-state index in [1.807, 2.05) is 29.2 Å². The van der Waals surface area contributed by atoms with Crippen LogP contribution in [0, 0.1) is 0 Å². The molecule has 152 valence electrons. The second kappa shape index (κ2) is 7.57. The largest absolute Gasteiger partial charge is 0.468 e. The minimum Gasteiger partial charge on any atom is -0.468 e. The van der Waals surface area contributed by atoms with Crippen molar-refractivity contribution in [2.45, 2.75) is 6.18 Å². The third-order valence-electron chi connectivity index (χ3n) is 4.58. The van der Waals surface area contributed by atoms with Gasteiger partial charge in [0, 0.05) is 37.6 Å². The van der Waals surface area contributed by atoms with Crippen molar-refractivity contribution in [3.63, 3.8) is 0 Å². The molecule has 1 amide bonds. The molecule has 0 saturated carbocycles. The van der Waals surface area contributed by atoms with Crippen LogP contribution in [-0.2, 0) is 0 Å². The van der Waals surface area contributed by atoms with E-state index in [9.17, 15) is 18.0 Å². The third-order valence-corrected chi connectivity index (χ3v) is 4.58. The summed E-state index contributed by atoms with van der Waals surface area (Å²) in [5.74, 6) is 0.141. The molecule has 0 unspecified atom stereocenters. The van der Waals surface area contributed by atoms with Crippen LogP contribution in [-0.4, -0.2) is 69.9 Å². The van der Waals surface area contributed by atoms with E-state index in [-0.39, 0.29) is 11.8 Å². The summed E-state index contributed by atoms with van der Waals surface area (Å²) in [4.78, 5) is 24.2. The lowest BCUT2D eigenvalue weighted by Crippen LogP contribution is -2.49. The average Bonchev–Trinajstić information content (AvgIpc) is 3.16. The van der Waals surface area contributed by atoms with E-state index in [0.29, 0.717) is 37.7 Å². The minimum absolute atomic E-state index is 0.145. The van der Waals surface area contributed by atoms with Crippen molar-refractivity contribution in [3.8, 4) is 5.88 Å². The van der Waals surface area contributed by atoms with Crippen LogP contribution in [0.25, 0.3) is 10.9 Å². The van der Waals surface area contributed by atoms with Crippen molar-refractivity contribution in [1.82, 2.24) is 25.1 Å². The molecule has 0 atom stereocenters. The second-order valence-electron chi connectivity index (χ2n) is 6.52. The molecule has 0 spiro atoms. The Hall–Kier alpha value is -3.37. The maximum atomic E-state index is 12.8. The zero-order valence-electron chi connectivity index (χ0n) is 15.2. The average molecular weight is 406 g/mol. The fraction of sp³-hybridized carbons (Fsp3) is 0.333. The normalized spacial score (nSPS) is 15.0. The van der Waals surface area contributed by atoms with E-state index < -0.39 is 12.8 Å². The number of H-pyrrole nitrogens is 1. The molecule has 3 heterocycles. The van der Waals surface area contributed by atoms with Crippen LogP contribution in [0.3, 0.4) is 0 Å². The zero-order valence-corrected chi connectivity index (χ0v) is 15.2. The first-order valence-electron chi connectivity index (χ1n) is 8.90. The summed E-state index contributed by atoms with van der Waals surface area (Å²) >= 11 is 0. The van der Waals surface area contributed by atoms with Crippen molar-refractivity contribution in [3.05, 3.63) is 42.4 Å². The van der Waals surface area contributed by atoms with Crippen LogP contribution in [0.5, 0.6) is 5.88 Å². The molecule has 0 bridgehead atoms. The van der Waals surface area contributed by atoms with Gasteiger partial charge >= 0.3 is 6.18 Å². The van der Waals surface area contributed by atoms with Gasteiger partial charge in [-0.25, -0.2) is 9.97 Å². The Kier molecular flexibility index (Phi) is 4.95. The number of amides is 1. The molecule has 8 nitrogen and oxygen atoms in total. The summed E-state index contributed by atoms with van der Waals surface area (Å²) in [6, 6.07) is 8.77. The van der Waals surface area contributed by atoms with Crippen molar-refractivity contribution < 1.29 is 22.7 Å². The first-order chi connectivity index (χ1) is 13.9. The fourth-order valence-electron chi connectivity index (χ4n) is 3.15. The number of aromatic nitrogens is 4. The number of ether oxygens (including phenoxy) is 1. The Morgan fingerprint density at radius 2 is 1.90 bits per heavy atom. The SMILES string of the molecule is O=C(c1n[nH]c2ccccc12)N1CCN(c2cc(OCC(F)(F)F)ncn2)CC1. The number of para-hydroxylation sites is 1. The number of piperazine rings is 1. The maximum absolute atomic E-state index is 12.8. The van der Waals surface area contributed by atoms with Crippen molar-refractivity contribution in [2.75, 3.05) is 37.7 Å². The van der Waals surface area contributed by atoms with Gasteiger partial charge in [0.2, 0.25) is 5.88 Å². The zero-order chi connectivity index (χ0) is 20.4. The van der Waals surface area contributed by atoms with E-state index >= 15 is 0 Å². The number of nitrogens with zero attached hydrogens (tertiary/aromatic N) is 5. The van der Waals surface area contributed by atoms with E-state index in [1.54, 1.807) is 4.90 Å². The van der Waals surface area contributed by atoms with Crippen LogP contribution in [0.2, 0.25) is 0 Å².